The highest BCUT2D eigenvalue weighted by molar-refractivity contribution is 5.68. The normalized spacial score (nSPS) is 30.7. The molecular weight excluding hydrogens is 620 g/mol. The quantitative estimate of drug-likeness (QED) is 0.0750. The van der Waals surface area contributed by atoms with Crippen LogP contribution in [0.25, 0.3) is 31.3 Å². The van der Waals surface area contributed by atoms with Crippen molar-refractivity contribution >= 4 is 6.09 Å². The highest BCUT2D eigenvalue weighted by Gasteiger charge is 2.52. The SMILES string of the molecule is CCCCOC1C(N=[N+]=[N-])[C@@H](OC2C(N=[N+]=[N-])C[C@@H](NC(=O)OC(C)(C)C)C(OCCCO)[C@H]2O)OC(CN=[N+]=[N-])[C@H]1OCCCC. The van der Waals surface area contributed by atoms with Crippen LogP contribution in [0.3, 0.4) is 0 Å². The molecule has 0 aromatic heterocycles. The van der Waals surface area contributed by atoms with Crippen LogP contribution in [0, 0.1) is 0 Å². The summed E-state index contributed by atoms with van der Waals surface area (Å²) in [5, 5.41) is 35.2. The number of aliphatic hydroxyl groups is 2. The minimum absolute atomic E-state index is 0.0310. The summed E-state index contributed by atoms with van der Waals surface area (Å²) < 4.78 is 36.2. The fraction of sp³-hybridized carbons (Fsp3) is 0.964. The molecule has 0 aromatic carbocycles. The Morgan fingerprint density at radius 2 is 1.53 bits per heavy atom. The van der Waals surface area contributed by atoms with Gasteiger partial charge in [0, 0.05) is 41.2 Å². The van der Waals surface area contributed by atoms with Crippen molar-refractivity contribution in [3.8, 4) is 0 Å². The number of nitrogens with one attached hydrogen (secondary N) is 1. The molecule has 0 spiro atoms. The zero-order valence-electron chi connectivity index (χ0n) is 27.8. The van der Waals surface area contributed by atoms with E-state index in [-0.39, 0.29) is 32.6 Å². The fourth-order valence-electron chi connectivity index (χ4n) is 5.36. The standard InChI is InChI=1S/C28H50N10O9/c1-6-8-12-43-24-19(16-32-36-29)45-26(20(35-38-31)25(24)44-13-9-7-2)46-23-18(34-37-30)15-17(33-27(41)47-28(3,4)5)22(21(23)40)42-14-10-11-39/h17-26,39-40H,6-16H2,1-5H3,(H,33,41)/t17-,18?,19?,20?,21-,22?,23?,24-,25?,26-/m1/s1. The van der Waals surface area contributed by atoms with Gasteiger partial charge >= 0.3 is 6.09 Å². The minimum Gasteiger partial charge on any atom is -0.444 e. The molecule has 1 amide bonds. The van der Waals surface area contributed by atoms with Gasteiger partial charge in [0.05, 0.1) is 36.9 Å². The van der Waals surface area contributed by atoms with Gasteiger partial charge in [0.25, 0.3) is 0 Å². The van der Waals surface area contributed by atoms with Crippen LogP contribution in [-0.4, -0.2) is 116 Å². The Labute approximate surface area is 274 Å². The van der Waals surface area contributed by atoms with E-state index in [0.29, 0.717) is 19.6 Å². The Morgan fingerprint density at radius 1 is 0.915 bits per heavy atom. The first-order valence-corrected chi connectivity index (χ1v) is 16.1. The van der Waals surface area contributed by atoms with E-state index in [1.807, 2.05) is 13.8 Å². The van der Waals surface area contributed by atoms with Gasteiger partial charge in [0.1, 0.15) is 30.0 Å². The van der Waals surface area contributed by atoms with E-state index in [4.69, 9.17) is 34.0 Å². The van der Waals surface area contributed by atoms with Crippen LogP contribution >= 0.6 is 0 Å². The van der Waals surface area contributed by atoms with Gasteiger partial charge in [0.2, 0.25) is 0 Å². The van der Waals surface area contributed by atoms with Crippen LogP contribution in [-0.2, 0) is 28.4 Å². The van der Waals surface area contributed by atoms with E-state index in [9.17, 15) is 26.1 Å². The Morgan fingerprint density at radius 3 is 2.11 bits per heavy atom. The number of aliphatic hydroxyl groups excluding tert-OH is 2. The van der Waals surface area contributed by atoms with Crippen LogP contribution in [0.1, 0.15) is 73.1 Å². The number of nitrogens with zero attached hydrogens (tertiary/aromatic N) is 9. The third-order valence-corrected chi connectivity index (χ3v) is 7.49. The molecule has 1 saturated heterocycles. The Balaban J connectivity index is 2.50. The van der Waals surface area contributed by atoms with Crippen molar-refractivity contribution < 1.29 is 43.4 Å². The number of alkyl carbamates (subject to hydrolysis) is 1. The largest absolute Gasteiger partial charge is 0.444 e. The van der Waals surface area contributed by atoms with Gasteiger partial charge in [-0.15, -0.1) is 0 Å². The Hall–Kier alpha value is -3.08. The van der Waals surface area contributed by atoms with Crippen LogP contribution in [0.5, 0.6) is 0 Å². The van der Waals surface area contributed by atoms with Gasteiger partial charge in [0.15, 0.2) is 6.29 Å². The van der Waals surface area contributed by atoms with Gasteiger partial charge in [-0.3, -0.25) is 0 Å². The van der Waals surface area contributed by atoms with E-state index in [2.05, 4.69) is 35.4 Å². The predicted molar refractivity (Wildman–Crippen MR) is 168 cm³/mol. The molecule has 10 atom stereocenters. The number of carbonyl (C=O) groups is 1. The van der Waals surface area contributed by atoms with Crippen molar-refractivity contribution in [2.24, 2.45) is 15.3 Å². The molecule has 1 heterocycles. The molecule has 6 unspecified atom stereocenters. The third-order valence-electron chi connectivity index (χ3n) is 7.49. The molecular formula is C28H50N10O9. The molecule has 19 heteroatoms. The van der Waals surface area contributed by atoms with E-state index < -0.39 is 72.7 Å². The Kier molecular flexibility index (Phi) is 17.9. The number of ether oxygens (including phenoxy) is 6. The molecule has 1 aliphatic heterocycles. The molecule has 3 N–H and O–H groups in total. The maximum atomic E-state index is 12.7. The van der Waals surface area contributed by atoms with Gasteiger partial charge in [-0.25, -0.2) is 4.79 Å². The van der Waals surface area contributed by atoms with Crippen molar-refractivity contribution in [2.75, 3.05) is 33.0 Å². The number of amides is 1. The second-order valence-corrected chi connectivity index (χ2v) is 12.3. The number of hydrogen-bond donors (Lipinski definition) is 3. The second kappa shape index (κ2) is 21.0. The van der Waals surface area contributed by atoms with Crippen LogP contribution in [0.4, 0.5) is 4.79 Å². The summed E-state index contributed by atoms with van der Waals surface area (Å²) in [5.74, 6) is 0. The van der Waals surface area contributed by atoms with Crippen LogP contribution < -0.4 is 5.32 Å². The van der Waals surface area contributed by atoms with Crippen molar-refractivity contribution in [1.29, 1.82) is 0 Å². The van der Waals surface area contributed by atoms with Gasteiger partial charge in [-0.05, 0) is 63.0 Å². The first kappa shape index (κ1) is 40.1. The number of hydrogen-bond acceptors (Lipinski definition) is 12. The number of rotatable bonds is 19. The topological polar surface area (TPSA) is 271 Å². The maximum Gasteiger partial charge on any atom is 0.407 e. The van der Waals surface area contributed by atoms with Crippen molar-refractivity contribution in [3.63, 3.8) is 0 Å². The first-order valence-electron chi connectivity index (χ1n) is 16.1. The smallest absolute Gasteiger partial charge is 0.407 e. The zero-order valence-corrected chi connectivity index (χ0v) is 27.8. The molecule has 2 rings (SSSR count). The first-order chi connectivity index (χ1) is 22.5. The summed E-state index contributed by atoms with van der Waals surface area (Å²) in [6.07, 6.45) is -5.26. The van der Waals surface area contributed by atoms with Crippen molar-refractivity contribution in [3.05, 3.63) is 31.3 Å². The molecule has 266 valence electrons. The minimum atomic E-state index is -1.51. The number of azide groups is 3. The monoisotopic (exact) mass is 670 g/mol. The lowest BCUT2D eigenvalue weighted by Crippen LogP contribution is -2.65. The predicted octanol–water partition coefficient (Wildman–Crippen LogP) is 4.56. The zero-order chi connectivity index (χ0) is 34.8. The number of carbonyl (C=O) groups excluding carboxylic acids is 1. The lowest BCUT2D eigenvalue weighted by molar-refractivity contribution is -0.299. The average Bonchev–Trinajstić information content (AvgIpc) is 3.01. The van der Waals surface area contributed by atoms with Gasteiger partial charge in [-0.2, -0.15) is 0 Å². The molecule has 0 aromatic rings. The molecule has 1 aliphatic carbocycles. The van der Waals surface area contributed by atoms with E-state index >= 15 is 0 Å². The molecule has 47 heavy (non-hydrogen) atoms. The lowest BCUT2D eigenvalue weighted by atomic mass is 9.83. The molecule has 2 aliphatic rings. The lowest BCUT2D eigenvalue weighted by Gasteiger charge is -2.48. The molecule has 1 saturated carbocycles. The average molecular weight is 671 g/mol. The third kappa shape index (κ3) is 12.8. The number of unbranched alkanes of at least 4 members (excludes halogenated alkanes) is 2. The van der Waals surface area contributed by atoms with Crippen molar-refractivity contribution in [2.45, 2.75) is 140 Å². The van der Waals surface area contributed by atoms with Crippen molar-refractivity contribution in [1.82, 2.24) is 5.32 Å². The summed E-state index contributed by atoms with van der Waals surface area (Å²) in [6.45, 7) is 9.43. The van der Waals surface area contributed by atoms with E-state index in [1.165, 1.54) is 0 Å². The molecule has 0 radical (unpaired) electrons. The highest BCUT2D eigenvalue weighted by atomic mass is 16.7. The summed E-state index contributed by atoms with van der Waals surface area (Å²) in [7, 11) is 0. The van der Waals surface area contributed by atoms with Gasteiger partial charge < -0.3 is 44.0 Å². The Bertz CT molecular complexity index is 1100. The summed E-state index contributed by atoms with van der Waals surface area (Å²) in [4.78, 5) is 21.5. The summed E-state index contributed by atoms with van der Waals surface area (Å²) in [5.41, 5.74) is 27.3. The molecule has 2 fully saturated rings. The summed E-state index contributed by atoms with van der Waals surface area (Å²) in [6, 6.07) is -3.07. The van der Waals surface area contributed by atoms with Crippen LogP contribution in [0.2, 0.25) is 0 Å². The van der Waals surface area contributed by atoms with E-state index in [1.54, 1.807) is 20.8 Å². The van der Waals surface area contributed by atoms with E-state index in [0.717, 1.165) is 19.3 Å². The summed E-state index contributed by atoms with van der Waals surface area (Å²) >= 11 is 0. The maximum absolute atomic E-state index is 12.7. The van der Waals surface area contributed by atoms with Crippen LogP contribution in [0.15, 0.2) is 15.3 Å². The second-order valence-electron chi connectivity index (χ2n) is 12.3. The van der Waals surface area contributed by atoms with Gasteiger partial charge in [-0.1, -0.05) is 42.0 Å². The fourth-order valence-corrected chi connectivity index (χ4v) is 5.36. The molecule has 0 bridgehead atoms. The molecule has 19 nitrogen and oxygen atoms in total. The highest BCUT2D eigenvalue weighted by Crippen LogP contribution is 2.35.